The fourth-order valence-corrected chi connectivity index (χ4v) is 2.49. The summed E-state index contributed by atoms with van der Waals surface area (Å²) in [4.78, 5) is 26.6. The number of esters is 1. The topological polar surface area (TPSA) is 91.3 Å². The quantitative estimate of drug-likeness (QED) is 0.846. The molecule has 1 heterocycles. The highest BCUT2D eigenvalue weighted by atomic mass is 32.1. The molecule has 1 aromatic heterocycles. The van der Waals surface area contributed by atoms with E-state index in [0.717, 1.165) is 11.3 Å². The van der Waals surface area contributed by atoms with Crippen molar-refractivity contribution in [3.63, 3.8) is 0 Å². The van der Waals surface area contributed by atoms with Crippen molar-refractivity contribution in [2.24, 2.45) is 0 Å². The van der Waals surface area contributed by atoms with E-state index in [1.807, 2.05) is 0 Å². The predicted octanol–water partition coefficient (Wildman–Crippen LogP) is 1.74. The molecule has 0 aliphatic rings. The monoisotopic (exact) mass is 305 g/mol. The Morgan fingerprint density at radius 3 is 2.52 bits per heavy atom. The molecule has 2 rings (SSSR count). The molecule has 0 spiro atoms. The standard InChI is InChI=1S/C14H14N2O4S/c1-3-20-13(19)9-4-6-10(7-5-9)16-14-15-8(2)11(21-14)12(17)18/h4-7H,3H2,1-2H3,(H,15,16)(H,17,18)/p-1. The Labute approximate surface area is 125 Å². The number of rotatable bonds is 5. The van der Waals surface area contributed by atoms with Crippen molar-refractivity contribution >= 4 is 34.1 Å². The molecule has 21 heavy (non-hydrogen) atoms. The van der Waals surface area contributed by atoms with E-state index >= 15 is 0 Å². The van der Waals surface area contributed by atoms with Gasteiger partial charge in [-0.2, -0.15) is 0 Å². The van der Waals surface area contributed by atoms with Crippen LogP contribution in [-0.2, 0) is 4.74 Å². The molecule has 0 amide bonds. The fourth-order valence-electron chi connectivity index (χ4n) is 1.67. The number of carboxylic acid groups (broad SMARTS) is 1. The summed E-state index contributed by atoms with van der Waals surface area (Å²) in [6.45, 7) is 3.67. The summed E-state index contributed by atoms with van der Waals surface area (Å²) in [5.41, 5.74) is 1.56. The van der Waals surface area contributed by atoms with Crippen LogP contribution in [0, 0.1) is 6.92 Å². The van der Waals surface area contributed by atoms with Gasteiger partial charge in [-0.25, -0.2) is 9.78 Å². The van der Waals surface area contributed by atoms with Crippen LogP contribution in [0.15, 0.2) is 24.3 Å². The van der Waals surface area contributed by atoms with Gasteiger partial charge in [0.05, 0.1) is 28.7 Å². The van der Waals surface area contributed by atoms with E-state index < -0.39 is 5.97 Å². The molecule has 0 radical (unpaired) electrons. The van der Waals surface area contributed by atoms with Crippen molar-refractivity contribution in [3.8, 4) is 0 Å². The first-order chi connectivity index (χ1) is 10.0. The Morgan fingerprint density at radius 2 is 2.00 bits per heavy atom. The number of aromatic nitrogens is 1. The van der Waals surface area contributed by atoms with Gasteiger partial charge >= 0.3 is 5.97 Å². The largest absolute Gasteiger partial charge is 0.544 e. The number of thiazole rings is 1. The molecule has 0 fully saturated rings. The summed E-state index contributed by atoms with van der Waals surface area (Å²) in [6, 6.07) is 6.64. The Kier molecular flexibility index (Phi) is 4.54. The van der Waals surface area contributed by atoms with Crippen molar-refractivity contribution in [3.05, 3.63) is 40.4 Å². The van der Waals surface area contributed by atoms with Gasteiger partial charge in [0.1, 0.15) is 0 Å². The third kappa shape index (κ3) is 3.57. The van der Waals surface area contributed by atoms with Gasteiger partial charge in [0.15, 0.2) is 5.13 Å². The number of carbonyl (C=O) groups is 2. The van der Waals surface area contributed by atoms with E-state index in [4.69, 9.17) is 4.74 Å². The van der Waals surface area contributed by atoms with E-state index in [0.29, 0.717) is 28.7 Å². The number of aryl methyl sites for hydroxylation is 1. The van der Waals surface area contributed by atoms with Gasteiger partial charge in [0.25, 0.3) is 0 Å². The molecule has 0 atom stereocenters. The zero-order chi connectivity index (χ0) is 15.4. The first-order valence-electron chi connectivity index (χ1n) is 6.24. The van der Waals surface area contributed by atoms with Crippen molar-refractivity contribution < 1.29 is 19.4 Å². The number of carboxylic acids is 1. The summed E-state index contributed by atoms with van der Waals surface area (Å²) < 4.78 is 4.89. The highest BCUT2D eigenvalue weighted by molar-refractivity contribution is 7.17. The summed E-state index contributed by atoms with van der Waals surface area (Å²) in [5, 5.41) is 14.3. The summed E-state index contributed by atoms with van der Waals surface area (Å²) in [7, 11) is 0. The zero-order valence-electron chi connectivity index (χ0n) is 11.5. The number of benzene rings is 1. The highest BCUT2D eigenvalue weighted by Crippen LogP contribution is 2.25. The first kappa shape index (κ1) is 15.0. The molecule has 1 aromatic carbocycles. The van der Waals surface area contributed by atoms with E-state index in [9.17, 15) is 14.7 Å². The van der Waals surface area contributed by atoms with Crippen molar-refractivity contribution in [2.45, 2.75) is 13.8 Å². The third-order valence-corrected chi connectivity index (χ3v) is 3.68. The fraction of sp³-hybridized carbons (Fsp3) is 0.214. The lowest BCUT2D eigenvalue weighted by molar-refractivity contribution is -0.254. The second kappa shape index (κ2) is 6.36. The molecule has 110 valence electrons. The molecule has 2 aromatic rings. The van der Waals surface area contributed by atoms with Gasteiger partial charge in [-0.1, -0.05) is 11.3 Å². The minimum absolute atomic E-state index is 0.0978. The average Bonchev–Trinajstić information content (AvgIpc) is 2.81. The molecule has 0 aliphatic carbocycles. The number of anilines is 2. The van der Waals surface area contributed by atoms with Gasteiger partial charge in [-0.3, -0.25) is 0 Å². The van der Waals surface area contributed by atoms with E-state index in [2.05, 4.69) is 10.3 Å². The summed E-state index contributed by atoms with van der Waals surface area (Å²) in [6.07, 6.45) is 0. The molecule has 1 N–H and O–H groups in total. The van der Waals surface area contributed by atoms with Gasteiger partial charge in [0, 0.05) is 5.69 Å². The first-order valence-corrected chi connectivity index (χ1v) is 7.06. The molecular formula is C14H13N2O4S-. The molecular weight excluding hydrogens is 292 g/mol. The van der Waals surface area contributed by atoms with Crippen molar-refractivity contribution in [1.29, 1.82) is 0 Å². The third-order valence-electron chi connectivity index (χ3n) is 2.63. The van der Waals surface area contributed by atoms with Gasteiger partial charge in [-0.15, -0.1) is 0 Å². The maximum absolute atomic E-state index is 11.5. The van der Waals surface area contributed by atoms with Crippen molar-refractivity contribution in [2.75, 3.05) is 11.9 Å². The van der Waals surface area contributed by atoms with Crippen molar-refractivity contribution in [1.82, 2.24) is 4.98 Å². The van der Waals surface area contributed by atoms with E-state index in [1.54, 1.807) is 38.1 Å². The highest BCUT2D eigenvalue weighted by Gasteiger charge is 2.09. The molecule has 0 saturated heterocycles. The minimum atomic E-state index is -1.24. The molecule has 0 unspecified atom stereocenters. The molecule has 0 saturated carbocycles. The zero-order valence-corrected chi connectivity index (χ0v) is 12.3. The number of nitrogens with one attached hydrogen (secondary N) is 1. The van der Waals surface area contributed by atoms with E-state index in [1.165, 1.54) is 0 Å². The van der Waals surface area contributed by atoms with Crippen LogP contribution in [-0.4, -0.2) is 23.5 Å². The van der Waals surface area contributed by atoms with Crippen LogP contribution < -0.4 is 10.4 Å². The molecule has 0 bridgehead atoms. The average molecular weight is 305 g/mol. The summed E-state index contributed by atoms with van der Waals surface area (Å²) >= 11 is 1.01. The Bertz CT molecular complexity index is 664. The van der Waals surface area contributed by atoms with Gasteiger partial charge in [0.2, 0.25) is 0 Å². The van der Waals surface area contributed by atoms with E-state index in [-0.39, 0.29) is 10.8 Å². The van der Waals surface area contributed by atoms with Crippen LogP contribution in [0.3, 0.4) is 0 Å². The van der Waals surface area contributed by atoms with Crippen LogP contribution in [0.1, 0.15) is 32.6 Å². The Balaban J connectivity index is 2.12. The normalized spacial score (nSPS) is 10.2. The lowest BCUT2D eigenvalue weighted by atomic mass is 10.2. The lowest BCUT2D eigenvalue weighted by Crippen LogP contribution is -2.21. The number of aromatic carboxylic acids is 1. The van der Waals surface area contributed by atoms with Crippen LogP contribution >= 0.6 is 11.3 Å². The van der Waals surface area contributed by atoms with Crippen LogP contribution in [0.2, 0.25) is 0 Å². The number of hydrogen-bond acceptors (Lipinski definition) is 7. The van der Waals surface area contributed by atoms with Crippen LogP contribution in [0.4, 0.5) is 10.8 Å². The minimum Gasteiger partial charge on any atom is -0.544 e. The predicted molar refractivity (Wildman–Crippen MR) is 76.9 cm³/mol. The molecule has 0 aliphatic heterocycles. The second-order valence-corrected chi connectivity index (χ2v) is 5.14. The molecule has 7 heteroatoms. The lowest BCUT2D eigenvalue weighted by Gasteiger charge is -2.04. The second-order valence-electron chi connectivity index (χ2n) is 4.14. The number of ether oxygens (including phenoxy) is 1. The van der Waals surface area contributed by atoms with Gasteiger partial charge < -0.3 is 20.0 Å². The maximum Gasteiger partial charge on any atom is 0.338 e. The Hall–Kier alpha value is -2.41. The summed E-state index contributed by atoms with van der Waals surface area (Å²) in [5.74, 6) is -1.62. The smallest absolute Gasteiger partial charge is 0.338 e. The molecule has 6 nitrogen and oxygen atoms in total. The maximum atomic E-state index is 11.5. The number of nitrogens with zero attached hydrogens (tertiary/aromatic N) is 1. The number of carbonyl (C=O) groups excluding carboxylic acids is 2. The van der Waals surface area contributed by atoms with Crippen LogP contribution in [0.25, 0.3) is 0 Å². The number of hydrogen-bond donors (Lipinski definition) is 1. The SMILES string of the molecule is CCOC(=O)c1ccc(Nc2nc(C)c(C(=O)[O-])s2)cc1. The Morgan fingerprint density at radius 1 is 1.33 bits per heavy atom. The van der Waals surface area contributed by atoms with Gasteiger partial charge in [-0.05, 0) is 38.1 Å². The van der Waals surface area contributed by atoms with Crippen LogP contribution in [0.5, 0.6) is 0 Å².